The Balaban J connectivity index is 0.953. The van der Waals surface area contributed by atoms with E-state index in [1.165, 1.54) is 4.68 Å². The fraction of sp³-hybridized carbons (Fsp3) is 0.774. The lowest BCUT2D eigenvalue weighted by molar-refractivity contribution is -0.132. The Bertz CT molecular complexity index is 2520. The molecule has 0 aliphatic carbocycles. The van der Waals surface area contributed by atoms with Gasteiger partial charge in [-0.15, -0.1) is 16.6 Å². The lowest BCUT2D eigenvalue weighted by Gasteiger charge is -2.36. The second-order valence-corrected chi connectivity index (χ2v) is 23.5. The first-order chi connectivity index (χ1) is 43.3. The maximum atomic E-state index is 13.4. The van der Waals surface area contributed by atoms with E-state index < -0.39 is 12.1 Å². The average molecular weight is 1250 g/mol. The molecular formula is C62H107N19O8. The zero-order chi connectivity index (χ0) is 63.7. The molecule has 2 saturated heterocycles. The number of rotatable bonds is 48. The van der Waals surface area contributed by atoms with Gasteiger partial charge in [0.25, 0.3) is 0 Å². The van der Waals surface area contributed by atoms with E-state index in [1.54, 1.807) is 17.8 Å². The summed E-state index contributed by atoms with van der Waals surface area (Å²) in [4.78, 5) is 79.2. The number of anilines is 3. The molecule has 0 unspecified atom stereocenters. The lowest BCUT2D eigenvalue weighted by atomic mass is 10.0. The maximum absolute atomic E-state index is 13.4. The van der Waals surface area contributed by atoms with Crippen molar-refractivity contribution in [3.63, 3.8) is 0 Å². The van der Waals surface area contributed by atoms with E-state index in [9.17, 15) is 24.3 Å². The van der Waals surface area contributed by atoms with Crippen molar-refractivity contribution in [2.75, 3.05) is 133 Å². The number of nitrogens with two attached hydrogens (primary N) is 2. The van der Waals surface area contributed by atoms with Gasteiger partial charge in [-0.05, 0) is 57.8 Å². The van der Waals surface area contributed by atoms with Crippen molar-refractivity contribution in [3.05, 3.63) is 23.8 Å². The molecule has 2 aliphatic rings. The zero-order valence-corrected chi connectivity index (χ0v) is 53.9. The minimum Gasteiger partial charge on any atom is -0.393 e. The number of hydrogen-bond donors (Lipinski definition) is 6. The summed E-state index contributed by atoms with van der Waals surface area (Å²) < 4.78 is 19.8. The highest BCUT2D eigenvalue weighted by Gasteiger charge is 2.28. The third-order valence-electron chi connectivity index (χ3n) is 15.9. The first-order valence-electron chi connectivity index (χ1n) is 33.1. The second kappa shape index (κ2) is 43.8. The minimum absolute atomic E-state index is 0.0408. The van der Waals surface area contributed by atoms with Gasteiger partial charge >= 0.3 is 0 Å². The number of aliphatic hydroxyl groups is 1. The van der Waals surface area contributed by atoms with Gasteiger partial charge in [0.15, 0.2) is 5.96 Å². The van der Waals surface area contributed by atoms with E-state index >= 15 is 0 Å². The molecule has 5 heterocycles. The molecule has 89 heavy (non-hydrogen) atoms. The Labute approximate surface area is 528 Å². The largest absolute Gasteiger partial charge is 0.393 e. The van der Waals surface area contributed by atoms with Crippen LogP contribution in [-0.4, -0.2) is 214 Å². The van der Waals surface area contributed by atoms with Crippen LogP contribution in [0, 0.1) is 18.3 Å². The zero-order valence-electron chi connectivity index (χ0n) is 53.9. The van der Waals surface area contributed by atoms with Crippen molar-refractivity contribution in [1.82, 2.24) is 65.4 Å². The molecular weight excluding hydrogens is 1140 g/mol. The first kappa shape index (κ1) is 73.0. The number of carbonyl (C=O) groups is 4. The van der Waals surface area contributed by atoms with Gasteiger partial charge in [-0.3, -0.25) is 24.2 Å². The van der Waals surface area contributed by atoms with Crippen molar-refractivity contribution in [2.24, 2.45) is 22.4 Å². The number of aliphatic hydroxyl groups excluding tert-OH is 1. The van der Waals surface area contributed by atoms with Crippen LogP contribution in [0.3, 0.4) is 0 Å². The number of ether oxygens (including phenoxy) is 3. The number of aromatic nitrogens is 9. The van der Waals surface area contributed by atoms with Gasteiger partial charge < -0.3 is 66.3 Å². The highest BCUT2D eigenvalue weighted by atomic mass is 16.5. The van der Waals surface area contributed by atoms with Crippen LogP contribution in [0.15, 0.2) is 17.4 Å². The van der Waals surface area contributed by atoms with Gasteiger partial charge in [-0.2, -0.15) is 15.0 Å². The first-order valence-corrected chi connectivity index (χ1v) is 33.1. The van der Waals surface area contributed by atoms with Crippen LogP contribution in [0.4, 0.5) is 17.8 Å². The van der Waals surface area contributed by atoms with Crippen molar-refractivity contribution in [2.45, 2.75) is 187 Å². The van der Waals surface area contributed by atoms with Crippen LogP contribution >= 0.6 is 0 Å². The number of amides is 4. The Hall–Kier alpha value is -6.76. The molecule has 498 valence electrons. The Morgan fingerprint density at radius 1 is 0.640 bits per heavy atom. The van der Waals surface area contributed by atoms with Crippen LogP contribution in [-0.2, 0) is 52.8 Å². The molecule has 27 nitrogen and oxygen atoms in total. The van der Waals surface area contributed by atoms with Crippen LogP contribution in [0.2, 0.25) is 0 Å². The number of nitrogens with one attached hydrogen (secondary N) is 3. The molecule has 27 heteroatoms. The maximum Gasteiger partial charge on any atom is 0.244 e. The van der Waals surface area contributed by atoms with E-state index in [0.29, 0.717) is 173 Å². The number of unbranched alkanes of at least 4 members (excludes halogenated alkanes) is 14. The number of carbonyl (C=O) groups excluding carboxylic acids is 4. The molecule has 0 aromatic carbocycles. The molecule has 3 atom stereocenters. The fourth-order valence-corrected chi connectivity index (χ4v) is 10.6. The monoisotopic (exact) mass is 1250 g/mol. The molecule has 2 aliphatic heterocycles. The van der Waals surface area contributed by atoms with Crippen LogP contribution < -0.4 is 37.2 Å². The molecule has 0 radical (unpaired) electrons. The normalized spacial score (nSPS) is 14.5. The molecule has 0 spiro atoms. The van der Waals surface area contributed by atoms with Gasteiger partial charge in [0.1, 0.15) is 19.2 Å². The topological polar surface area (TPSA) is 330 Å². The van der Waals surface area contributed by atoms with Crippen molar-refractivity contribution < 1.29 is 38.5 Å². The Morgan fingerprint density at radius 2 is 1.16 bits per heavy atom. The number of guanidine groups is 1. The van der Waals surface area contributed by atoms with Crippen LogP contribution in [0.5, 0.6) is 0 Å². The lowest BCUT2D eigenvalue weighted by Crippen LogP contribution is -2.50. The molecule has 2 fully saturated rings. The molecule has 5 rings (SSSR count). The minimum atomic E-state index is -0.506. The highest BCUT2D eigenvalue weighted by molar-refractivity contribution is 5.80. The Kier molecular flexibility index (Phi) is 35.9. The van der Waals surface area contributed by atoms with Gasteiger partial charge in [-0.1, -0.05) is 114 Å². The van der Waals surface area contributed by atoms with E-state index in [4.69, 9.17) is 47.1 Å². The number of piperazine rings is 2. The van der Waals surface area contributed by atoms with Crippen molar-refractivity contribution >= 4 is 47.4 Å². The quantitative estimate of drug-likeness (QED) is 0.0200. The molecule has 8 N–H and O–H groups in total. The number of nitrogens with zero attached hydrogens (tertiary/aromatic N) is 14. The summed E-state index contributed by atoms with van der Waals surface area (Å²) in [7, 11) is 0. The molecule has 4 amide bonds. The van der Waals surface area contributed by atoms with Gasteiger partial charge in [0, 0.05) is 110 Å². The molecule has 3 aromatic heterocycles. The summed E-state index contributed by atoms with van der Waals surface area (Å²) in [5.41, 5.74) is 12.6. The SMILES string of the molecule is C#CCOCCOCCOCCNc1nc(N2CCN(C(=O)CCCCCCCCCCNC(=O)Cn3cc(C[C@@H](C)O)nn3)CC2)nc(N2CCN(C(=O)CCCCCCCCCCNC(=O)[C@@H](CCCN=C(N)N)n3cc(C[C@@H](C)CC)nn3)CC2)n1. The third kappa shape index (κ3) is 30.5. The summed E-state index contributed by atoms with van der Waals surface area (Å²) in [5.74, 6) is 4.71. The highest BCUT2D eigenvalue weighted by Crippen LogP contribution is 2.22. The summed E-state index contributed by atoms with van der Waals surface area (Å²) in [6.45, 7) is 15.4. The van der Waals surface area contributed by atoms with E-state index in [2.05, 4.69) is 71.1 Å². The van der Waals surface area contributed by atoms with E-state index in [0.717, 1.165) is 121 Å². The fourth-order valence-electron chi connectivity index (χ4n) is 10.6. The summed E-state index contributed by atoms with van der Waals surface area (Å²) >= 11 is 0. The average Bonchev–Trinajstić information content (AvgIpc) is 2.49. The van der Waals surface area contributed by atoms with Crippen LogP contribution in [0.1, 0.15) is 173 Å². The van der Waals surface area contributed by atoms with Gasteiger partial charge in [0.05, 0.1) is 50.5 Å². The number of aliphatic imine (C=N–C) groups is 1. The van der Waals surface area contributed by atoms with E-state index in [1.807, 2.05) is 16.0 Å². The molecule has 3 aromatic rings. The van der Waals surface area contributed by atoms with Crippen molar-refractivity contribution in [3.8, 4) is 12.3 Å². The van der Waals surface area contributed by atoms with Crippen molar-refractivity contribution in [1.29, 1.82) is 0 Å². The third-order valence-corrected chi connectivity index (χ3v) is 15.9. The molecule has 0 saturated carbocycles. The summed E-state index contributed by atoms with van der Waals surface area (Å²) in [6, 6.07) is -0.473. The predicted octanol–water partition coefficient (Wildman–Crippen LogP) is 4.21. The van der Waals surface area contributed by atoms with Gasteiger partial charge in [0.2, 0.25) is 41.5 Å². The molecule has 0 bridgehead atoms. The summed E-state index contributed by atoms with van der Waals surface area (Å²) in [6.07, 6.45) is 29.4. The number of terminal acetylenes is 1. The number of hydrogen-bond acceptors (Lipinski definition) is 19. The predicted molar refractivity (Wildman–Crippen MR) is 344 cm³/mol. The summed E-state index contributed by atoms with van der Waals surface area (Å²) in [5, 5.41) is 35.5. The standard InChI is InChI=1S/C62H107N19O8/c1-5-39-87-41-43-89-44-42-88-40-30-68-60-69-61(78-35-31-76(32-36-78)56(84)25-19-15-11-7-9-13-17-21-27-65-55(83)49-80-47-53(72-74-80)46-51(4)82)71-62(70-60)79-37-33-77(34-38-79)57(85)26-20-16-12-8-10-14-18-22-28-66-58(86)54(24-23-29-67-59(63)64)81-48-52(73-75-81)45-50(3)6-2/h1,47-48,50-51,54,82H,6-46,49H2,2-4H3,(H,65,83)(H,66,86)(H4,63,64,67)(H,68,69,70,71)/t50-,51+,54+/m0/s1. The Morgan fingerprint density at radius 3 is 1.71 bits per heavy atom. The van der Waals surface area contributed by atoms with Crippen LogP contribution in [0.25, 0.3) is 0 Å². The van der Waals surface area contributed by atoms with Gasteiger partial charge in [-0.25, -0.2) is 9.36 Å². The smallest absolute Gasteiger partial charge is 0.244 e. The second-order valence-electron chi connectivity index (χ2n) is 23.5. The van der Waals surface area contributed by atoms with E-state index in [-0.39, 0.29) is 42.7 Å².